The van der Waals surface area contributed by atoms with Crippen molar-refractivity contribution in [1.29, 1.82) is 0 Å². The molecule has 0 aromatic heterocycles. The van der Waals surface area contributed by atoms with Crippen LogP contribution in [0.3, 0.4) is 0 Å². The smallest absolute Gasteiger partial charge is 0.323 e. The first-order valence-corrected chi connectivity index (χ1v) is 14.2. The molecule has 224 valence electrons. The molecule has 9 heteroatoms. The second kappa shape index (κ2) is 12.4. The minimum Gasteiger partial charge on any atom is -0.495 e. The number of hydrogen-bond acceptors (Lipinski definition) is 5. The molecule has 4 aromatic carbocycles. The van der Waals surface area contributed by atoms with Crippen LogP contribution in [0.25, 0.3) is 11.1 Å². The lowest BCUT2D eigenvalue weighted by molar-refractivity contribution is -0.136. The standard InChI is InChI=1S/C35H33N3O6/c1-21-9-12-25(23(3)17-21)26-7-5-6-8-27(26)34(42)36-28-13-11-24(19-31(28)44-4)35(43)37-16-15-32(39)38(20-33(40)41)30-18-22(2)10-14-29(30)37/h5-14,17-19H,15-16,20H2,1-4H3,(H,36,42)(H,40,41). The van der Waals surface area contributed by atoms with Crippen LogP contribution in [0.5, 0.6) is 5.75 Å². The monoisotopic (exact) mass is 591 g/mol. The first-order valence-electron chi connectivity index (χ1n) is 14.2. The van der Waals surface area contributed by atoms with E-state index < -0.39 is 18.4 Å². The molecule has 0 atom stereocenters. The zero-order valence-electron chi connectivity index (χ0n) is 25.0. The van der Waals surface area contributed by atoms with Crippen LogP contribution in [0, 0.1) is 20.8 Å². The van der Waals surface area contributed by atoms with Gasteiger partial charge in [-0.2, -0.15) is 0 Å². The van der Waals surface area contributed by atoms with Crippen molar-refractivity contribution >= 4 is 40.8 Å². The maximum Gasteiger partial charge on any atom is 0.323 e. The van der Waals surface area contributed by atoms with E-state index in [2.05, 4.69) is 11.4 Å². The fraction of sp³-hybridized carbons (Fsp3) is 0.200. The molecule has 0 spiro atoms. The number of nitrogens with zero attached hydrogens (tertiary/aromatic N) is 2. The summed E-state index contributed by atoms with van der Waals surface area (Å²) in [7, 11) is 1.45. The number of aliphatic carboxylic acids is 1. The summed E-state index contributed by atoms with van der Waals surface area (Å²) in [5, 5.41) is 12.3. The van der Waals surface area contributed by atoms with Crippen molar-refractivity contribution in [1.82, 2.24) is 0 Å². The van der Waals surface area contributed by atoms with E-state index >= 15 is 0 Å². The zero-order chi connectivity index (χ0) is 31.5. The molecule has 0 aliphatic carbocycles. The van der Waals surface area contributed by atoms with Gasteiger partial charge in [-0.1, -0.05) is 48.0 Å². The molecule has 0 radical (unpaired) electrons. The molecular formula is C35H33N3O6. The normalized spacial score (nSPS) is 12.8. The summed E-state index contributed by atoms with van der Waals surface area (Å²) in [6, 6.07) is 23.5. The van der Waals surface area contributed by atoms with Gasteiger partial charge in [-0.05, 0) is 79.4 Å². The maximum absolute atomic E-state index is 13.9. The highest BCUT2D eigenvalue weighted by Crippen LogP contribution is 2.36. The molecule has 1 aliphatic heterocycles. The van der Waals surface area contributed by atoms with Crippen molar-refractivity contribution in [3.63, 3.8) is 0 Å². The highest BCUT2D eigenvalue weighted by Gasteiger charge is 2.31. The molecule has 0 unspecified atom stereocenters. The molecule has 4 aromatic rings. The van der Waals surface area contributed by atoms with E-state index in [-0.39, 0.29) is 36.1 Å². The molecule has 44 heavy (non-hydrogen) atoms. The summed E-state index contributed by atoms with van der Waals surface area (Å²) in [5.74, 6) is -1.96. The number of amides is 3. The quantitative estimate of drug-likeness (QED) is 0.272. The van der Waals surface area contributed by atoms with Crippen molar-refractivity contribution in [3.05, 3.63) is 107 Å². The Hall–Kier alpha value is -5.44. The van der Waals surface area contributed by atoms with Gasteiger partial charge in [0.05, 0.1) is 24.2 Å². The third-order valence-electron chi connectivity index (χ3n) is 7.64. The molecule has 0 saturated carbocycles. The van der Waals surface area contributed by atoms with Crippen molar-refractivity contribution < 1.29 is 29.0 Å². The molecule has 1 aliphatic rings. The van der Waals surface area contributed by atoms with Gasteiger partial charge in [-0.15, -0.1) is 0 Å². The molecule has 0 fully saturated rings. The van der Waals surface area contributed by atoms with Crippen LogP contribution in [-0.2, 0) is 9.59 Å². The number of benzene rings is 4. The number of ether oxygens (including phenoxy) is 1. The minimum absolute atomic E-state index is 0.0438. The average Bonchev–Trinajstić information content (AvgIpc) is 3.12. The average molecular weight is 592 g/mol. The summed E-state index contributed by atoms with van der Waals surface area (Å²) < 4.78 is 5.58. The van der Waals surface area contributed by atoms with Gasteiger partial charge < -0.3 is 20.1 Å². The summed E-state index contributed by atoms with van der Waals surface area (Å²) >= 11 is 0. The Bertz CT molecular complexity index is 1800. The highest BCUT2D eigenvalue weighted by molar-refractivity contribution is 6.13. The van der Waals surface area contributed by atoms with Crippen LogP contribution >= 0.6 is 0 Å². The van der Waals surface area contributed by atoms with E-state index in [1.807, 2.05) is 57.2 Å². The molecule has 3 amide bonds. The summed E-state index contributed by atoms with van der Waals surface area (Å²) in [5.41, 5.74) is 6.74. The first-order chi connectivity index (χ1) is 21.1. The Morgan fingerprint density at radius 2 is 1.59 bits per heavy atom. The number of carbonyl (C=O) groups is 4. The topological polar surface area (TPSA) is 116 Å². The Morgan fingerprint density at radius 1 is 0.864 bits per heavy atom. The number of methoxy groups -OCH3 is 1. The molecule has 2 N–H and O–H groups in total. The number of carbonyl (C=O) groups excluding carboxylic acids is 3. The Morgan fingerprint density at radius 3 is 2.32 bits per heavy atom. The van der Waals surface area contributed by atoms with Crippen LogP contribution in [0.15, 0.2) is 78.9 Å². The van der Waals surface area contributed by atoms with E-state index in [9.17, 15) is 24.3 Å². The lowest BCUT2D eigenvalue weighted by Crippen LogP contribution is -2.35. The Balaban J connectivity index is 1.44. The minimum atomic E-state index is -1.15. The van der Waals surface area contributed by atoms with Crippen molar-refractivity contribution in [2.45, 2.75) is 27.2 Å². The number of nitrogens with one attached hydrogen (secondary N) is 1. The number of rotatable bonds is 7. The van der Waals surface area contributed by atoms with Crippen molar-refractivity contribution in [2.75, 3.05) is 35.3 Å². The van der Waals surface area contributed by atoms with Crippen LogP contribution < -0.4 is 19.9 Å². The van der Waals surface area contributed by atoms with Gasteiger partial charge in [-0.3, -0.25) is 24.1 Å². The number of carboxylic acids is 1. The van der Waals surface area contributed by atoms with Crippen LogP contribution in [0.1, 0.15) is 43.8 Å². The molecule has 5 rings (SSSR count). The van der Waals surface area contributed by atoms with Gasteiger partial charge in [0.25, 0.3) is 11.8 Å². The first kappa shape index (κ1) is 30.0. The van der Waals surface area contributed by atoms with Gasteiger partial charge in [0.2, 0.25) is 5.91 Å². The zero-order valence-corrected chi connectivity index (χ0v) is 25.0. The van der Waals surface area contributed by atoms with E-state index in [1.165, 1.54) is 16.9 Å². The largest absolute Gasteiger partial charge is 0.495 e. The van der Waals surface area contributed by atoms with E-state index in [0.29, 0.717) is 22.6 Å². The SMILES string of the molecule is COc1cc(C(=O)N2CCC(=O)N(CC(=O)O)c3cc(C)ccc32)ccc1NC(=O)c1ccccc1-c1ccc(C)cc1C. The number of aryl methyl sites for hydroxylation is 3. The van der Waals surface area contributed by atoms with Gasteiger partial charge in [0.15, 0.2) is 0 Å². The molecule has 0 saturated heterocycles. The second-order valence-corrected chi connectivity index (χ2v) is 10.8. The van der Waals surface area contributed by atoms with E-state index in [1.54, 1.807) is 36.4 Å². The van der Waals surface area contributed by atoms with Crippen LogP contribution in [-0.4, -0.2) is 49.0 Å². The van der Waals surface area contributed by atoms with Crippen LogP contribution in [0.4, 0.5) is 17.1 Å². The van der Waals surface area contributed by atoms with Crippen molar-refractivity contribution in [2.24, 2.45) is 0 Å². The number of fused-ring (bicyclic) bond motifs is 1. The fourth-order valence-corrected chi connectivity index (χ4v) is 5.50. The number of carboxylic acid groups (broad SMARTS) is 1. The third kappa shape index (κ3) is 6.03. The predicted octanol–water partition coefficient (Wildman–Crippen LogP) is 6.01. The fourth-order valence-electron chi connectivity index (χ4n) is 5.50. The van der Waals surface area contributed by atoms with Crippen molar-refractivity contribution in [3.8, 4) is 16.9 Å². The lowest BCUT2D eigenvalue weighted by atomic mass is 9.94. The van der Waals surface area contributed by atoms with Gasteiger partial charge in [0, 0.05) is 24.1 Å². The maximum atomic E-state index is 13.9. The van der Waals surface area contributed by atoms with E-state index in [4.69, 9.17) is 4.74 Å². The summed E-state index contributed by atoms with van der Waals surface area (Å²) in [6.45, 7) is 5.43. The van der Waals surface area contributed by atoms with Gasteiger partial charge >= 0.3 is 5.97 Å². The van der Waals surface area contributed by atoms with E-state index in [0.717, 1.165) is 27.8 Å². The Kier molecular flexibility index (Phi) is 8.48. The number of hydrogen-bond donors (Lipinski definition) is 2. The second-order valence-electron chi connectivity index (χ2n) is 10.8. The third-order valence-corrected chi connectivity index (χ3v) is 7.64. The summed E-state index contributed by atoms with van der Waals surface area (Å²) in [4.78, 5) is 54.5. The summed E-state index contributed by atoms with van der Waals surface area (Å²) in [6.07, 6.45) is -0.0438. The molecule has 0 bridgehead atoms. The molecular weight excluding hydrogens is 558 g/mol. The lowest BCUT2D eigenvalue weighted by Gasteiger charge is -2.25. The predicted molar refractivity (Wildman–Crippen MR) is 170 cm³/mol. The molecule has 1 heterocycles. The number of anilines is 3. The van der Waals surface area contributed by atoms with Gasteiger partial charge in [-0.25, -0.2) is 0 Å². The van der Waals surface area contributed by atoms with Gasteiger partial charge in [0.1, 0.15) is 12.3 Å². The van der Waals surface area contributed by atoms with Crippen LogP contribution in [0.2, 0.25) is 0 Å². The Labute approximate surface area is 255 Å². The molecule has 9 nitrogen and oxygen atoms in total. The highest BCUT2D eigenvalue weighted by atomic mass is 16.5.